The number of benzene rings is 2. The molecule has 2 nitrogen and oxygen atoms in total. The molecule has 4 heteroatoms. The van der Waals surface area contributed by atoms with Gasteiger partial charge < -0.3 is 4.74 Å². The van der Waals surface area contributed by atoms with E-state index in [4.69, 9.17) is 16.3 Å². The van der Waals surface area contributed by atoms with Crippen molar-refractivity contribution in [2.75, 3.05) is 0 Å². The van der Waals surface area contributed by atoms with Crippen LogP contribution >= 0.6 is 23.1 Å². The van der Waals surface area contributed by atoms with E-state index in [1.807, 2.05) is 12.1 Å². The molecule has 1 aromatic heterocycles. The highest BCUT2D eigenvalue weighted by atomic mass is 35.5. The Balaban J connectivity index is 1.86. The van der Waals surface area contributed by atoms with Crippen LogP contribution in [0.4, 0.5) is 0 Å². The van der Waals surface area contributed by atoms with Crippen molar-refractivity contribution in [2.24, 2.45) is 0 Å². The zero-order valence-corrected chi connectivity index (χ0v) is 15.7. The molecule has 0 saturated carbocycles. The highest BCUT2D eigenvalue weighted by molar-refractivity contribution is 7.10. The molecule has 0 spiro atoms. The van der Waals surface area contributed by atoms with Crippen molar-refractivity contribution < 1.29 is 4.74 Å². The first kappa shape index (κ1) is 17.0. The molecule has 1 heterocycles. The van der Waals surface area contributed by atoms with Crippen LogP contribution in [0.1, 0.15) is 29.2 Å². The van der Waals surface area contributed by atoms with Gasteiger partial charge in [-0.05, 0) is 60.1 Å². The van der Waals surface area contributed by atoms with Gasteiger partial charge in [-0.25, -0.2) is 0 Å². The first-order valence-corrected chi connectivity index (χ1v) is 9.17. The van der Waals surface area contributed by atoms with Crippen molar-refractivity contribution >= 4 is 23.1 Å². The van der Waals surface area contributed by atoms with E-state index in [-0.39, 0.29) is 0 Å². The Hall–Kier alpha value is -1.84. The van der Waals surface area contributed by atoms with Crippen LogP contribution in [-0.2, 0) is 13.0 Å². The lowest BCUT2D eigenvalue weighted by Crippen LogP contribution is -1.99. The Morgan fingerprint density at radius 1 is 1.08 bits per heavy atom. The molecule has 24 heavy (non-hydrogen) atoms. The summed E-state index contributed by atoms with van der Waals surface area (Å²) in [4.78, 5) is 1.08. The monoisotopic (exact) mass is 357 g/mol. The molecular formula is C20H20ClNOS. The van der Waals surface area contributed by atoms with Gasteiger partial charge in [0.1, 0.15) is 17.5 Å². The van der Waals surface area contributed by atoms with Crippen molar-refractivity contribution in [3.05, 3.63) is 69.9 Å². The van der Waals surface area contributed by atoms with Crippen molar-refractivity contribution in [3.63, 3.8) is 0 Å². The smallest absolute Gasteiger partial charge is 0.150 e. The number of aromatic nitrogens is 1. The van der Waals surface area contributed by atoms with E-state index in [0.29, 0.717) is 11.8 Å². The minimum Gasteiger partial charge on any atom is -0.488 e. The number of hydrogen-bond acceptors (Lipinski definition) is 3. The number of hydrogen-bond donors (Lipinski definition) is 0. The lowest BCUT2D eigenvalue weighted by atomic mass is 10.1. The van der Waals surface area contributed by atoms with Crippen molar-refractivity contribution in [1.82, 2.24) is 4.37 Å². The number of aryl methyl sites for hydroxylation is 2. The predicted molar refractivity (Wildman–Crippen MR) is 102 cm³/mol. The standard InChI is InChI=1S/C20H20ClNOS/c1-4-15-8-10-16(11-9-15)19-17(20(21)22-24-19)12-23-18-7-5-6-13(2)14(18)3/h5-11H,4,12H2,1-3H3. The van der Waals surface area contributed by atoms with E-state index in [9.17, 15) is 0 Å². The van der Waals surface area contributed by atoms with E-state index in [0.717, 1.165) is 33.7 Å². The molecule has 3 aromatic rings. The second kappa shape index (κ2) is 7.37. The summed E-state index contributed by atoms with van der Waals surface area (Å²) >= 11 is 7.73. The van der Waals surface area contributed by atoms with Gasteiger partial charge in [0.2, 0.25) is 0 Å². The van der Waals surface area contributed by atoms with Gasteiger partial charge in [0.15, 0.2) is 0 Å². The molecule has 0 radical (unpaired) electrons. The molecule has 2 aromatic carbocycles. The van der Waals surface area contributed by atoms with Crippen LogP contribution in [0.2, 0.25) is 5.15 Å². The first-order chi connectivity index (χ1) is 11.6. The van der Waals surface area contributed by atoms with Gasteiger partial charge in [-0.3, -0.25) is 0 Å². The van der Waals surface area contributed by atoms with Gasteiger partial charge in [0.05, 0.1) is 4.88 Å². The van der Waals surface area contributed by atoms with E-state index >= 15 is 0 Å². The topological polar surface area (TPSA) is 22.1 Å². The third-order valence-electron chi connectivity index (χ3n) is 4.29. The number of rotatable bonds is 5. The third-order valence-corrected chi connectivity index (χ3v) is 5.64. The third kappa shape index (κ3) is 3.47. The van der Waals surface area contributed by atoms with Gasteiger partial charge in [0, 0.05) is 5.56 Å². The summed E-state index contributed by atoms with van der Waals surface area (Å²) < 4.78 is 10.3. The maximum Gasteiger partial charge on any atom is 0.150 e. The van der Waals surface area contributed by atoms with Crippen LogP contribution in [0, 0.1) is 13.8 Å². The van der Waals surface area contributed by atoms with Crippen LogP contribution in [-0.4, -0.2) is 4.37 Å². The quantitative estimate of drug-likeness (QED) is 0.540. The maximum atomic E-state index is 6.31. The fourth-order valence-corrected chi connectivity index (χ4v) is 3.66. The molecule has 0 aliphatic rings. The molecule has 0 aliphatic heterocycles. The highest BCUT2D eigenvalue weighted by Gasteiger charge is 2.15. The highest BCUT2D eigenvalue weighted by Crippen LogP contribution is 2.34. The van der Waals surface area contributed by atoms with Crippen LogP contribution in [0.5, 0.6) is 5.75 Å². The summed E-state index contributed by atoms with van der Waals surface area (Å²) in [6, 6.07) is 14.6. The van der Waals surface area contributed by atoms with Crippen molar-refractivity contribution in [1.29, 1.82) is 0 Å². The Kier molecular flexibility index (Phi) is 5.22. The molecule has 3 rings (SSSR count). The molecule has 0 fully saturated rings. The van der Waals surface area contributed by atoms with Gasteiger partial charge in [0.25, 0.3) is 0 Å². The Morgan fingerprint density at radius 2 is 1.83 bits per heavy atom. The lowest BCUT2D eigenvalue weighted by Gasteiger charge is -2.11. The van der Waals surface area contributed by atoms with Crippen LogP contribution in [0.3, 0.4) is 0 Å². The minimum atomic E-state index is 0.421. The predicted octanol–water partition coefficient (Wildman–Crippen LogP) is 6.22. The van der Waals surface area contributed by atoms with E-state index in [1.54, 1.807) is 0 Å². The molecule has 0 unspecified atom stereocenters. The van der Waals surface area contributed by atoms with Gasteiger partial charge >= 0.3 is 0 Å². The normalized spacial score (nSPS) is 10.8. The summed E-state index contributed by atoms with van der Waals surface area (Å²) in [5.74, 6) is 0.893. The molecule has 124 valence electrons. The summed E-state index contributed by atoms with van der Waals surface area (Å²) in [5.41, 5.74) is 5.79. The second-order valence-corrected chi connectivity index (χ2v) is 6.95. The summed E-state index contributed by atoms with van der Waals surface area (Å²) in [7, 11) is 0. The van der Waals surface area contributed by atoms with Crippen LogP contribution in [0.25, 0.3) is 10.4 Å². The molecule has 0 saturated heterocycles. The Bertz CT molecular complexity index is 839. The van der Waals surface area contributed by atoms with Crippen molar-refractivity contribution in [2.45, 2.75) is 33.8 Å². The summed E-state index contributed by atoms with van der Waals surface area (Å²) in [6.45, 7) is 6.73. The number of ether oxygens (including phenoxy) is 1. The van der Waals surface area contributed by atoms with E-state index in [1.165, 1.54) is 22.7 Å². The first-order valence-electron chi connectivity index (χ1n) is 8.02. The average molecular weight is 358 g/mol. The second-order valence-electron chi connectivity index (χ2n) is 5.82. The minimum absolute atomic E-state index is 0.421. The van der Waals surface area contributed by atoms with Crippen LogP contribution in [0.15, 0.2) is 42.5 Å². The lowest BCUT2D eigenvalue weighted by molar-refractivity contribution is 0.304. The maximum absolute atomic E-state index is 6.31. The van der Waals surface area contributed by atoms with Gasteiger partial charge in [-0.2, -0.15) is 4.37 Å². The Labute approximate surface area is 152 Å². The van der Waals surface area contributed by atoms with E-state index < -0.39 is 0 Å². The fraction of sp³-hybridized carbons (Fsp3) is 0.250. The Morgan fingerprint density at radius 3 is 2.54 bits per heavy atom. The molecular weight excluding hydrogens is 338 g/mol. The van der Waals surface area contributed by atoms with Crippen molar-refractivity contribution in [3.8, 4) is 16.2 Å². The average Bonchev–Trinajstić information content (AvgIpc) is 2.97. The number of halogens is 1. The van der Waals surface area contributed by atoms with E-state index in [2.05, 4.69) is 55.5 Å². The summed E-state index contributed by atoms with van der Waals surface area (Å²) in [5, 5.41) is 0.528. The largest absolute Gasteiger partial charge is 0.488 e. The zero-order valence-electron chi connectivity index (χ0n) is 14.1. The van der Waals surface area contributed by atoms with Gasteiger partial charge in [-0.1, -0.05) is 54.9 Å². The van der Waals surface area contributed by atoms with Gasteiger partial charge in [-0.15, -0.1) is 0 Å². The summed E-state index contributed by atoms with van der Waals surface area (Å²) in [6.07, 6.45) is 1.03. The number of nitrogens with zero attached hydrogens (tertiary/aromatic N) is 1. The molecule has 0 amide bonds. The van der Waals surface area contributed by atoms with Crippen LogP contribution < -0.4 is 4.74 Å². The molecule has 0 aliphatic carbocycles. The zero-order chi connectivity index (χ0) is 17.1. The molecule has 0 N–H and O–H groups in total. The fourth-order valence-electron chi connectivity index (χ4n) is 2.56. The molecule has 0 bridgehead atoms. The SMILES string of the molecule is CCc1ccc(-c2snc(Cl)c2COc2cccc(C)c2C)cc1. The molecule has 0 atom stereocenters.